The predicted octanol–water partition coefficient (Wildman–Crippen LogP) is 3.22. The van der Waals surface area contributed by atoms with E-state index in [0.717, 1.165) is 37.2 Å². The molecular weight excluding hydrogens is 441 g/mol. The molecule has 174 valence electrons. The van der Waals surface area contributed by atoms with Gasteiger partial charge in [0.05, 0.1) is 17.9 Å². The van der Waals surface area contributed by atoms with Crippen LogP contribution in [0, 0.1) is 0 Å². The lowest BCUT2D eigenvalue weighted by Crippen LogP contribution is -2.44. The van der Waals surface area contributed by atoms with E-state index in [4.69, 9.17) is 0 Å². The standard InChI is InChI=1S/C22H21F3N4O4/c1-28(12-19(30)26-14-5-7-15(8-6-14)33-22(23,24)25)21(32)13-4-9-17-16(11-13)27-20(31)18-3-2-10-29(17)18/h4-9,11,18H,2-3,10,12H2,1H3,(H,26,30)(H,27,31)/t18-/m1/s1. The molecule has 1 fully saturated rings. The zero-order valence-corrected chi connectivity index (χ0v) is 17.6. The lowest BCUT2D eigenvalue weighted by molar-refractivity contribution is -0.274. The Morgan fingerprint density at radius 1 is 1.21 bits per heavy atom. The quantitative estimate of drug-likeness (QED) is 0.712. The van der Waals surface area contributed by atoms with Gasteiger partial charge in [-0.15, -0.1) is 13.2 Å². The van der Waals surface area contributed by atoms with Gasteiger partial charge in [-0.2, -0.15) is 0 Å². The highest BCUT2D eigenvalue weighted by Crippen LogP contribution is 2.37. The maximum absolute atomic E-state index is 12.8. The van der Waals surface area contributed by atoms with Crippen molar-refractivity contribution in [3.05, 3.63) is 48.0 Å². The number of nitrogens with zero attached hydrogens (tertiary/aromatic N) is 2. The van der Waals surface area contributed by atoms with Crippen LogP contribution in [0.2, 0.25) is 0 Å². The second-order valence-corrected chi connectivity index (χ2v) is 7.85. The van der Waals surface area contributed by atoms with Gasteiger partial charge in [-0.25, -0.2) is 0 Å². The molecule has 0 spiro atoms. The number of rotatable bonds is 5. The molecule has 2 aliphatic heterocycles. The van der Waals surface area contributed by atoms with Crippen LogP contribution < -0.4 is 20.3 Å². The van der Waals surface area contributed by atoms with Gasteiger partial charge < -0.3 is 25.2 Å². The van der Waals surface area contributed by atoms with Crippen LogP contribution >= 0.6 is 0 Å². The number of likely N-dealkylation sites (N-methyl/N-ethyl adjacent to an activating group) is 1. The fourth-order valence-corrected chi connectivity index (χ4v) is 4.01. The first-order valence-corrected chi connectivity index (χ1v) is 10.2. The van der Waals surface area contributed by atoms with Crippen molar-refractivity contribution in [3.8, 4) is 5.75 Å². The van der Waals surface area contributed by atoms with Crippen LogP contribution in [0.15, 0.2) is 42.5 Å². The Kier molecular flexibility index (Phi) is 5.88. The Morgan fingerprint density at radius 2 is 1.94 bits per heavy atom. The number of halogens is 3. The summed E-state index contributed by atoms with van der Waals surface area (Å²) in [7, 11) is 1.46. The van der Waals surface area contributed by atoms with Gasteiger partial charge in [-0.1, -0.05) is 0 Å². The van der Waals surface area contributed by atoms with Crippen LogP contribution in [0.25, 0.3) is 0 Å². The number of hydrogen-bond donors (Lipinski definition) is 2. The molecule has 0 aliphatic carbocycles. The van der Waals surface area contributed by atoms with Crippen molar-refractivity contribution in [1.29, 1.82) is 0 Å². The van der Waals surface area contributed by atoms with E-state index in [0.29, 0.717) is 11.3 Å². The smallest absolute Gasteiger partial charge is 0.406 e. The molecule has 8 nitrogen and oxygen atoms in total. The third kappa shape index (κ3) is 5.02. The number of amides is 3. The number of alkyl halides is 3. The summed E-state index contributed by atoms with van der Waals surface area (Å²) in [5.74, 6) is -1.45. The Balaban J connectivity index is 1.37. The largest absolute Gasteiger partial charge is 0.573 e. The summed E-state index contributed by atoms with van der Waals surface area (Å²) in [6.07, 6.45) is -3.08. The molecule has 1 atom stereocenters. The molecule has 2 aromatic rings. The molecule has 0 bridgehead atoms. The number of carbonyl (C=O) groups is 3. The van der Waals surface area contributed by atoms with E-state index < -0.39 is 23.9 Å². The minimum atomic E-state index is -4.80. The van der Waals surface area contributed by atoms with Gasteiger partial charge in [0.2, 0.25) is 11.8 Å². The molecule has 2 aromatic carbocycles. The van der Waals surface area contributed by atoms with Crippen molar-refractivity contribution in [2.24, 2.45) is 0 Å². The number of carbonyl (C=O) groups excluding carboxylic acids is 3. The zero-order chi connectivity index (χ0) is 23.8. The molecule has 0 aromatic heterocycles. The molecule has 2 heterocycles. The summed E-state index contributed by atoms with van der Waals surface area (Å²) in [6.45, 7) is 0.499. The van der Waals surface area contributed by atoms with Crippen molar-refractivity contribution in [2.45, 2.75) is 25.2 Å². The molecular formula is C22H21F3N4O4. The summed E-state index contributed by atoms with van der Waals surface area (Å²) in [6, 6.07) is 9.53. The minimum absolute atomic E-state index is 0.0935. The highest BCUT2D eigenvalue weighted by Gasteiger charge is 2.36. The maximum atomic E-state index is 12.8. The number of benzene rings is 2. The third-order valence-corrected chi connectivity index (χ3v) is 5.47. The summed E-state index contributed by atoms with van der Waals surface area (Å²) < 4.78 is 40.5. The molecule has 0 unspecified atom stereocenters. The van der Waals surface area contributed by atoms with E-state index in [-0.39, 0.29) is 24.2 Å². The van der Waals surface area contributed by atoms with E-state index in [2.05, 4.69) is 15.4 Å². The number of anilines is 3. The van der Waals surface area contributed by atoms with E-state index in [1.807, 2.05) is 4.90 Å². The Labute approximate surface area is 187 Å². The van der Waals surface area contributed by atoms with Crippen LogP contribution in [0.1, 0.15) is 23.2 Å². The predicted molar refractivity (Wildman–Crippen MR) is 114 cm³/mol. The second-order valence-electron chi connectivity index (χ2n) is 7.85. The average molecular weight is 462 g/mol. The molecule has 4 rings (SSSR count). The second kappa shape index (κ2) is 8.64. The molecule has 0 saturated carbocycles. The first kappa shape index (κ1) is 22.4. The van der Waals surface area contributed by atoms with E-state index >= 15 is 0 Å². The van der Waals surface area contributed by atoms with Crippen LogP contribution in [0.3, 0.4) is 0 Å². The molecule has 1 saturated heterocycles. The van der Waals surface area contributed by atoms with Crippen molar-refractivity contribution in [3.63, 3.8) is 0 Å². The summed E-state index contributed by atoms with van der Waals surface area (Å²) in [5, 5.41) is 5.36. The topological polar surface area (TPSA) is 91.0 Å². The lowest BCUT2D eigenvalue weighted by atomic mass is 10.1. The Bertz CT molecular complexity index is 1090. The Morgan fingerprint density at radius 3 is 2.64 bits per heavy atom. The molecule has 0 radical (unpaired) electrons. The van der Waals surface area contributed by atoms with Crippen LogP contribution in [-0.4, -0.2) is 55.2 Å². The van der Waals surface area contributed by atoms with Crippen molar-refractivity contribution in [2.75, 3.05) is 35.7 Å². The van der Waals surface area contributed by atoms with Gasteiger partial charge in [0.15, 0.2) is 0 Å². The van der Waals surface area contributed by atoms with Gasteiger partial charge >= 0.3 is 6.36 Å². The normalized spacial score (nSPS) is 17.0. The SMILES string of the molecule is CN(CC(=O)Nc1ccc(OC(F)(F)F)cc1)C(=O)c1ccc2c(c1)NC(=O)[C@H]1CCCN21. The van der Waals surface area contributed by atoms with Crippen LogP contribution in [0.4, 0.5) is 30.2 Å². The van der Waals surface area contributed by atoms with E-state index in [1.54, 1.807) is 18.2 Å². The fraction of sp³-hybridized carbons (Fsp3) is 0.318. The van der Waals surface area contributed by atoms with E-state index in [1.165, 1.54) is 24.1 Å². The highest BCUT2D eigenvalue weighted by atomic mass is 19.4. The molecule has 2 aliphatic rings. The van der Waals surface area contributed by atoms with E-state index in [9.17, 15) is 27.6 Å². The first-order valence-electron chi connectivity index (χ1n) is 10.2. The number of hydrogen-bond acceptors (Lipinski definition) is 5. The number of nitrogens with one attached hydrogen (secondary N) is 2. The highest BCUT2D eigenvalue weighted by molar-refractivity contribution is 6.06. The Hall–Kier alpha value is -3.76. The van der Waals surface area contributed by atoms with Gasteiger partial charge in [0, 0.05) is 24.8 Å². The van der Waals surface area contributed by atoms with Gasteiger partial charge in [-0.3, -0.25) is 14.4 Å². The zero-order valence-electron chi connectivity index (χ0n) is 17.6. The fourth-order valence-electron chi connectivity index (χ4n) is 4.01. The van der Waals surface area contributed by atoms with Crippen LogP contribution in [0.5, 0.6) is 5.75 Å². The minimum Gasteiger partial charge on any atom is -0.406 e. The molecule has 11 heteroatoms. The first-order chi connectivity index (χ1) is 15.6. The monoisotopic (exact) mass is 462 g/mol. The van der Waals surface area contributed by atoms with Crippen molar-refractivity contribution < 1.29 is 32.3 Å². The third-order valence-electron chi connectivity index (χ3n) is 5.47. The van der Waals surface area contributed by atoms with Gasteiger partial charge in [-0.05, 0) is 55.3 Å². The number of ether oxygens (including phenoxy) is 1. The number of fused-ring (bicyclic) bond motifs is 3. The molecule has 3 amide bonds. The molecule has 2 N–H and O–H groups in total. The molecule has 33 heavy (non-hydrogen) atoms. The van der Waals surface area contributed by atoms with Gasteiger partial charge in [0.25, 0.3) is 5.91 Å². The summed E-state index contributed by atoms with van der Waals surface area (Å²) in [5.41, 5.74) is 2.00. The van der Waals surface area contributed by atoms with Crippen molar-refractivity contribution in [1.82, 2.24) is 4.90 Å². The van der Waals surface area contributed by atoms with Crippen LogP contribution in [-0.2, 0) is 9.59 Å². The average Bonchev–Trinajstić information content (AvgIpc) is 3.24. The maximum Gasteiger partial charge on any atom is 0.573 e. The van der Waals surface area contributed by atoms with Crippen molar-refractivity contribution >= 4 is 34.8 Å². The van der Waals surface area contributed by atoms with Gasteiger partial charge in [0.1, 0.15) is 11.8 Å². The lowest BCUT2D eigenvalue weighted by Gasteiger charge is -2.33. The summed E-state index contributed by atoms with van der Waals surface area (Å²) in [4.78, 5) is 40.6. The summed E-state index contributed by atoms with van der Waals surface area (Å²) >= 11 is 0.